The van der Waals surface area contributed by atoms with Crippen LogP contribution in [0.3, 0.4) is 0 Å². The quantitative estimate of drug-likeness (QED) is 0.322. The Bertz CT molecular complexity index is 1340. The lowest BCUT2D eigenvalue weighted by molar-refractivity contribution is -0.120. The molecule has 3 atom stereocenters. The summed E-state index contributed by atoms with van der Waals surface area (Å²) < 4.78 is 20.9. The average Bonchev–Trinajstić information content (AvgIpc) is 3.39. The molecule has 5 rings (SSSR count). The Kier molecular flexibility index (Phi) is 8.27. The summed E-state index contributed by atoms with van der Waals surface area (Å²) in [6.07, 6.45) is 7.84. The number of rotatable bonds is 9. The third-order valence-corrected chi connectivity index (χ3v) is 8.58. The Morgan fingerprint density at radius 3 is 2.67 bits per heavy atom. The molecule has 1 saturated carbocycles. The van der Waals surface area contributed by atoms with Gasteiger partial charge in [0.1, 0.15) is 11.4 Å². The van der Waals surface area contributed by atoms with E-state index < -0.39 is 12.1 Å². The number of hydrogen-bond acceptors (Lipinski definition) is 7. The van der Waals surface area contributed by atoms with Gasteiger partial charge in [-0.05, 0) is 78.5 Å². The molecule has 1 aliphatic carbocycles. The number of carbonyl (C=O) groups excluding carboxylic acids is 1. The highest BCUT2D eigenvalue weighted by atomic mass is 32.1. The maximum atomic E-state index is 14.5. The summed E-state index contributed by atoms with van der Waals surface area (Å²) >= 11 is 1.44. The second-order valence-electron chi connectivity index (χ2n) is 12.6. The van der Waals surface area contributed by atoms with Gasteiger partial charge in [-0.15, -0.1) is 11.3 Å². The van der Waals surface area contributed by atoms with Crippen molar-refractivity contribution in [3.63, 3.8) is 0 Å². The zero-order chi connectivity index (χ0) is 28.5. The van der Waals surface area contributed by atoms with Crippen LogP contribution in [0.5, 0.6) is 5.88 Å². The van der Waals surface area contributed by atoms with Crippen LogP contribution in [0.25, 0.3) is 10.4 Å². The van der Waals surface area contributed by atoms with Crippen molar-refractivity contribution in [2.45, 2.75) is 90.0 Å². The number of hydrogen-bond donors (Lipinski definition) is 3. The topological polar surface area (TPSA) is 96.4 Å². The monoisotopic (exact) mass is 566 g/mol. The van der Waals surface area contributed by atoms with Crippen LogP contribution in [0, 0.1) is 11.2 Å². The summed E-state index contributed by atoms with van der Waals surface area (Å²) in [5.74, 6) is 0.0617. The fourth-order valence-corrected chi connectivity index (χ4v) is 6.43. The second kappa shape index (κ2) is 11.5. The third kappa shape index (κ3) is 6.87. The summed E-state index contributed by atoms with van der Waals surface area (Å²) in [5.41, 5.74) is 5.23. The minimum atomic E-state index is -0.895. The van der Waals surface area contributed by atoms with Crippen LogP contribution in [-0.2, 0) is 17.6 Å². The van der Waals surface area contributed by atoms with E-state index in [1.807, 2.05) is 12.3 Å². The van der Waals surface area contributed by atoms with Crippen LogP contribution in [-0.4, -0.2) is 45.3 Å². The smallest absolute Gasteiger partial charge is 0.218 e. The minimum Gasteiger partial charge on any atom is -0.471 e. The molecule has 3 N–H and O–H groups in total. The lowest BCUT2D eigenvalue weighted by Gasteiger charge is -2.47. The van der Waals surface area contributed by atoms with Crippen LogP contribution in [0.4, 0.5) is 4.39 Å². The van der Waals surface area contributed by atoms with Crippen molar-refractivity contribution in [3.8, 4) is 16.3 Å². The molecule has 1 spiro atoms. The molecule has 0 saturated heterocycles. The van der Waals surface area contributed by atoms with Crippen LogP contribution >= 0.6 is 11.3 Å². The van der Waals surface area contributed by atoms with Crippen molar-refractivity contribution in [2.75, 3.05) is 6.54 Å². The van der Waals surface area contributed by atoms with E-state index in [1.165, 1.54) is 30.4 Å². The molecule has 9 heteroatoms. The summed E-state index contributed by atoms with van der Waals surface area (Å²) in [7, 11) is 0. The number of benzene rings is 1. The van der Waals surface area contributed by atoms with Gasteiger partial charge >= 0.3 is 0 Å². The first-order valence-corrected chi connectivity index (χ1v) is 14.9. The molecule has 0 radical (unpaired) electrons. The Morgan fingerprint density at radius 2 is 2.02 bits per heavy atom. The highest BCUT2D eigenvalue weighted by Gasteiger charge is 2.46. The number of aromatic nitrogens is 2. The van der Waals surface area contributed by atoms with Crippen molar-refractivity contribution < 1.29 is 19.0 Å². The molecule has 0 bridgehead atoms. The van der Waals surface area contributed by atoms with E-state index in [1.54, 1.807) is 11.7 Å². The van der Waals surface area contributed by atoms with Crippen molar-refractivity contribution in [2.24, 2.45) is 5.41 Å². The molecule has 3 aromatic rings. The van der Waals surface area contributed by atoms with Crippen molar-refractivity contribution in [1.82, 2.24) is 20.6 Å². The fraction of sp³-hybridized carbons (Fsp3) is 0.516. The number of aliphatic hydroxyl groups is 1. The number of fused-ring (bicyclic) bond motifs is 1. The molecule has 1 amide bonds. The zero-order valence-electron chi connectivity index (χ0n) is 23.7. The van der Waals surface area contributed by atoms with Gasteiger partial charge in [-0.3, -0.25) is 9.78 Å². The number of thiazole rings is 1. The standard InChI is InChI=1S/C31H39FN4O3S/c1-19(37)36-25(11-20-8-22(12-23(32)9-20)28-17-33-18-40-28)27(38)16-34-26-14-31(6-5-7-31)39-29-24(26)10-21(15-35-29)13-30(2,3)4/h8-10,12,15,17-18,25-27,34,38H,5-7,11,13-14,16H2,1-4H3,(H,36,37)/t25?,26-,27+/m0/s1. The van der Waals surface area contributed by atoms with E-state index in [9.17, 15) is 14.3 Å². The maximum Gasteiger partial charge on any atom is 0.218 e. The molecule has 7 nitrogen and oxygen atoms in total. The Labute approximate surface area is 239 Å². The predicted molar refractivity (Wildman–Crippen MR) is 155 cm³/mol. The first kappa shape index (κ1) is 28.6. The number of carbonyl (C=O) groups is 1. The molecule has 214 valence electrons. The van der Waals surface area contributed by atoms with E-state index in [0.29, 0.717) is 11.4 Å². The van der Waals surface area contributed by atoms with Gasteiger partial charge < -0.3 is 20.5 Å². The van der Waals surface area contributed by atoms with Crippen LogP contribution in [0.2, 0.25) is 0 Å². The lowest BCUT2D eigenvalue weighted by atomic mass is 9.73. The molecular formula is C31H39FN4O3S. The van der Waals surface area contributed by atoms with Crippen LogP contribution in [0.15, 0.2) is 42.2 Å². The van der Waals surface area contributed by atoms with E-state index in [0.717, 1.165) is 53.7 Å². The summed E-state index contributed by atoms with van der Waals surface area (Å²) in [6.45, 7) is 8.31. The average molecular weight is 567 g/mol. The predicted octanol–water partition coefficient (Wildman–Crippen LogP) is 5.38. The number of aliphatic hydroxyl groups excluding tert-OH is 1. The van der Waals surface area contributed by atoms with E-state index >= 15 is 0 Å². The van der Waals surface area contributed by atoms with Crippen molar-refractivity contribution >= 4 is 17.2 Å². The molecule has 2 aromatic heterocycles. The SMILES string of the molecule is CC(=O)NC(Cc1cc(F)cc(-c2cncs2)c1)[C@H](O)CN[C@H]1CC2(CCC2)Oc2ncc(CC(C)(C)C)cc21. The van der Waals surface area contributed by atoms with Gasteiger partial charge in [0, 0.05) is 43.9 Å². The van der Waals surface area contributed by atoms with Gasteiger partial charge in [0.2, 0.25) is 11.8 Å². The number of pyridine rings is 1. The minimum absolute atomic E-state index is 0.0313. The van der Waals surface area contributed by atoms with Crippen LogP contribution in [0.1, 0.15) is 76.1 Å². The summed E-state index contributed by atoms with van der Waals surface area (Å²) in [6, 6.07) is 6.38. The maximum absolute atomic E-state index is 14.5. The van der Waals surface area contributed by atoms with Gasteiger partial charge in [0.25, 0.3) is 0 Å². The number of nitrogens with zero attached hydrogens (tertiary/aromatic N) is 2. The largest absolute Gasteiger partial charge is 0.471 e. The first-order valence-electron chi connectivity index (χ1n) is 14.0. The van der Waals surface area contributed by atoms with E-state index in [2.05, 4.69) is 42.5 Å². The first-order chi connectivity index (χ1) is 19.0. The number of halogens is 1. The Balaban J connectivity index is 1.33. The number of ether oxygens (including phenoxy) is 1. The molecular weight excluding hydrogens is 527 g/mol. The molecule has 1 fully saturated rings. The molecule has 1 aromatic carbocycles. The summed E-state index contributed by atoms with van der Waals surface area (Å²) in [5, 5.41) is 17.8. The number of nitrogens with one attached hydrogen (secondary N) is 2. The zero-order valence-corrected chi connectivity index (χ0v) is 24.5. The highest BCUT2D eigenvalue weighted by molar-refractivity contribution is 7.13. The van der Waals surface area contributed by atoms with E-state index in [4.69, 9.17) is 9.72 Å². The van der Waals surface area contributed by atoms with Gasteiger partial charge in [-0.1, -0.05) is 20.8 Å². The second-order valence-corrected chi connectivity index (χ2v) is 13.5. The fourth-order valence-electron chi connectivity index (χ4n) is 5.82. The Morgan fingerprint density at radius 1 is 1.23 bits per heavy atom. The van der Waals surface area contributed by atoms with Crippen molar-refractivity contribution in [1.29, 1.82) is 0 Å². The lowest BCUT2D eigenvalue weighted by Crippen LogP contribution is -2.52. The van der Waals surface area contributed by atoms with Gasteiger partial charge in [-0.2, -0.15) is 0 Å². The highest BCUT2D eigenvalue weighted by Crippen LogP contribution is 2.48. The van der Waals surface area contributed by atoms with Gasteiger partial charge in [-0.25, -0.2) is 9.37 Å². The third-order valence-electron chi connectivity index (χ3n) is 7.76. The number of amides is 1. The molecule has 40 heavy (non-hydrogen) atoms. The van der Waals surface area contributed by atoms with E-state index in [-0.39, 0.29) is 41.7 Å². The Hall–Kier alpha value is -2.88. The molecule has 3 heterocycles. The molecule has 1 aliphatic heterocycles. The van der Waals surface area contributed by atoms with Gasteiger partial charge in [0.15, 0.2) is 0 Å². The molecule has 2 aliphatic rings. The van der Waals surface area contributed by atoms with Gasteiger partial charge in [0.05, 0.1) is 22.5 Å². The van der Waals surface area contributed by atoms with Crippen molar-refractivity contribution in [3.05, 3.63) is 64.7 Å². The normalized spacial score (nSPS) is 19.3. The molecule has 1 unspecified atom stereocenters. The van der Waals surface area contributed by atoms with Crippen LogP contribution < -0.4 is 15.4 Å². The summed E-state index contributed by atoms with van der Waals surface area (Å²) in [4.78, 5) is 21.7.